The third kappa shape index (κ3) is 3.08. The van der Waals surface area contributed by atoms with E-state index in [2.05, 4.69) is 26.2 Å². The van der Waals surface area contributed by atoms with Crippen molar-refractivity contribution >= 4 is 44.0 Å². The van der Waals surface area contributed by atoms with Crippen molar-refractivity contribution in [3.63, 3.8) is 0 Å². The van der Waals surface area contributed by atoms with Gasteiger partial charge >= 0.3 is 0 Å². The number of nitrogens with two attached hydrogens (primary N) is 1. The fraction of sp³-hybridized carbons (Fsp3) is 0.0625. The summed E-state index contributed by atoms with van der Waals surface area (Å²) in [7, 11) is 1.64. The summed E-state index contributed by atoms with van der Waals surface area (Å²) in [6, 6.07) is 15.4. The first-order valence-electron chi connectivity index (χ1n) is 6.42. The summed E-state index contributed by atoms with van der Waals surface area (Å²) in [6.07, 6.45) is 0. The third-order valence-electron chi connectivity index (χ3n) is 3.09. The van der Waals surface area contributed by atoms with Crippen molar-refractivity contribution in [1.29, 1.82) is 0 Å². The summed E-state index contributed by atoms with van der Waals surface area (Å²) in [5.74, 6) is 1.55. The number of anilines is 3. The van der Waals surface area contributed by atoms with Crippen LogP contribution in [0.5, 0.6) is 5.75 Å². The highest BCUT2D eigenvalue weighted by Crippen LogP contribution is 2.27. The van der Waals surface area contributed by atoms with Crippen LogP contribution in [0, 0.1) is 0 Å². The molecule has 3 rings (SSSR count). The Kier molecular flexibility index (Phi) is 3.66. The zero-order valence-electron chi connectivity index (χ0n) is 11.4. The molecular weight excluding hydrogens is 330 g/mol. The second-order valence-electron chi connectivity index (χ2n) is 4.65. The van der Waals surface area contributed by atoms with Gasteiger partial charge in [-0.1, -0.05) is 15.9 Å². The number of rotatable bonds is 3. The Morgan fingerprint density at radius 3 is 2.76 bits per heavy atom. The summed E-state index contributed by atoms with van der Waals surface area (Å²) >= 11 is 3.46. The number of methoxy groups -OCH3 is 1. The molecule has 0 radical (unpaired) electrons. The minimum absolute atomic E-state index is 0.738. The number of hydrogen-bond acceptors (Lipinski definition) is 4. The van der Waals surface area contributed by atoms with Crippen LogP contribution in [0.15, 0.2) is 53.0 Å². The fourth-order valence-corrected chi connectivity index (χ4v) is 2.59. The molecule has 3 N–H and O–H groups in total. The summed E-state index contributed by atoms with van der Waals surface area (Å²) in [4.78, 5) is 4.57. The van der Waals surface area contributed by atoms with Gasteiger partial charge in [-0.05, 0) is 42.5 Å². The van der Waals surface area contributed by atoms with Crippen LogP contribution in [0.1, 0.15) is 0 Å². The van der Waals surface area contributed by atoms with Crippen LogP contribution in [0.4, 0.5) is 17.2 Å². The summed E-state index contributed by atoms with van der Waals surface area (Å²) in [5, 5.41) is 4.29. The molecule has 3 aromatic rings. The lowest BCUT2D eigenvalue weighted by Gasteiger charge is -2.09. The van der Waals surface area contributed by atoms with E-state index in [0.29, 0.717) is 0 Å². The second kappa shape index (κ2) is 5.61. The molecule has 0 saturated heterocycles. The van der Waals surface area contributed by atoms with Crippen molar-refractivity contribution < 1.29 is 4.74 Å². The highest BCUT2D eigenvalue weighted by atomic mass is 79.9. The van der Waals surface area contributed by atoms with E-state index in [-0.39, 0.29) is 0 Å². The molecule has 0 unspecified atom stereocenters. The number of pyridine rings is 1. The molecule has 1 aromatic heterocycles. The Morgan fingerprint density at radius 2 is 1.95 bits per heavy atom. The van der Waals surface area contributed by atoms with Gasteiger partial charge < -0.3 is 15.8 Å². The average Bonchev–Trinajstić information content (AvgIpc) is 2.47. The predicted molar refractivity (Wildman–Crippen MR) is 90.1 cm³/mol. The Balaban J connectivity index is 1.94. The van der Waals surface area contributed by atoms with E-state index >= 15 is 0 Å². The van der Waals surface area contributed by atoms with Crippen molar-refractivity contribution in [2.75, 3.05) is 18.2 Å². The molecule has 0 spiro atoms. The largest absolute Gasteiger partial charge is 0.497 e. The van der Waals surface area contributed by atoms with Crippen molar-refractivity contribution in [2.45, 2.75) is 0 Å². The maximum absolute atomic E-state index is 5.77. The number of aromatic nitrogens is 1. The Labute approximate surface area is 131 Å². The van der Waals surface area contributed by atoms with Crippen LogP contribution in [0.2, 0.25) is 0 Å². The number of hydrogen-bond donors (Lipinski definition) is 2. The summed E-state index contributed by atoms with van der Waals surface area (Å²) in [6.45, 7) is 0. The molecule has 21 heavy (non-hydrogen) atoms. The van der Waals surface area contributed by atoms with Gasteiger partial charge in [0.15, 0.2) is 0 Å². The highest BCUT2D eigenvalue weighted by Gasteiger charge is 2.03. The van der Waals surface area contributed by atoms with E-state index in [4.69, 9.17) is 10.5 Å². The molecule has 5 heteroatoms. The number of ether oxygens (including phenoxy) is 1. The van der Waals surface area contributed by atoms with Crippen LogP contribution >= 0.6 is 15.9 Å². The van der Waals surface area contributed by atoms with E-state index in [9.17, 15) is 0 Å². The average molecular weight is 344 g/mol. The van der Waals surface area contributed by atoms with Crippen molar-refractivity contribution in [3.05, 3.63) is 53.0 Å². The van der Waals surface area contributed by atoms with E-state index in [1.54, 1.807) is 7.11 Å². The highest BCUT2D eigenvalue weighted by molar-refractivity contribution is 9.10. The molecule has 1 heterocycles. The molecule has 0 aliphatic rings. The van der Waals surface area contributed by atoms with Gasteiger partial charge in [-0.25, -0.2) is 4.98 Å². The first kappa shape index (κ1) is 13.7. The number of nitrogens with zero attached hydrogens (tertiary/aromatic N) is 1. The first-order chi connectivity index (χ1) is 10.1. The Hall–Kier alpha value is -2.27. The van der Waals surface area contributed by atoms with Gasteiger partial charge in [0.2, 0.25) is 0 Å². The lowest BCUT2D eigenvalue weighted by molar-refractivity contribution is 0.415. The monoisotopic (exact) mass is 343 g/mol. The first-order valence-corrected chi connectivity index (χ1v) is 7.21. The molecule has 0 saturated carbocycles. The Bertz CT molecular complexity index is 805. The number of nitrogens with one attached hydrogen (secondary N) is 1. The van der Waals surface area contributed by atoms with E-state index < -0.39 is 0 Å². The number of nitrogen functional groups attached to an aromatic ring is 1. The quantitative estimate of drug-likeness (QED) is 0.694. The SMILES string of the molecule is COc1cc(Br)cc(Nc2ccc3cc(N)ccc3n2)c1. The maximum Gasteiger partial charge on any atom is 0.131 e. The van der Waals surface area contributed by atoms with Crippen LogP contribution in [0.3, 0.4) is 0 Å². The normalized spacial score (nSPS) is 10.6. The second-order valence-corrected chi connectivity index (χ2v) is 5.57. The Morgan fingerprint density at radius 1 is 1.10 bits per heavy atom. The molecule has 0 aliphatic carbocycles. The van der Waals surface area contributed by atoms with Gasteiger partial charge in [-0.15, -0.1) is 0 Å². The zero-order valence-corrected chi connectivity index (χ0v) is 13.0. The smallest absolute Gasteiger partial charge is 0.131 e. The third-order valence-corrected chi connectivity index (χ3v) is 3.55. The molecule has 0 atom stereocenters. The van der Waals surface area contributed by atoms with Crippen molar-refractivity contribution in [3.8, 4) is 5.75 Å². The summed E-state index contributed by atoms with van der Waals surface area (Å²) in [5.41, 5.74) is 8.31. The number of fused-ring (bicyclic) bond motifs is 1. The van der Waals surface area contributed by atoms with Gasteiger partial charge in [0.05, 0.1) is 12.6 Å². The standard InChI is InChI=1S/C16H14BrN3O/c1-21-14-8-11(17)7-13(9-14)19-16-5-2-10-6-12(18)3-4-15(10)20-16/h2-9H,18H2,1H3,(H,19,20). The number of benzene rings is 2. The van der Waals surface area contributed by atoms with Gasteiger partial charge in [-0.3, -0.25) is 0 Å². The van der Waals surface area contributed by atoms with Gasteiger partial charge in [0, 0.05) is 27.3 Å². The molecule has 0 fully saturated rings. The molecule has 0 amide bonds. The van der Waals surface area contributed by atoms with E-state index in [1.165, 1.54) is 0 Å². The van der Waals surface area contributed by atoms with Gasteiger partial charge in [0.1, 0.15) is 11.6 Å². The van der Waals surface area contributed by atoms with E-state index in [0.717, 1.165) is 38.3 Å². The van der Waals surface area contributed by atoms with Gasteiger partial charge in [0.25, 0.3) is 0 Å². The van der Waals surface area contributed by atoms with Crippen LogP contribution in [-0.2, 0) is 0 Å². The summed E-state index contributed by atoms with van der Waals surface area (Å²) < 4.78 is 6.20. The molecule has 0 bridgehead atoms. The van der Waals surface area contributed by atoms with Crippen molar-refractivity contribution in [1.82, 2.24) is 4.98 Å². The van der Waals surface area contributed by atoms with Crippen LogP contribution < -0.4 is 15.8 Å². The predicted octanol–water partition coefficient (Wildman–Crippen LogP) is 4.33. The lowest BCUT2D eigenvalue weighted by atomic mass is 10.2. The van der Waals surface area contributed by atoms with E-state index in [1.807, 2.05) is 48.5 Å². The molecule has 2 aromatic carbocycles. The molecule has 106 valence electrons. The number of halogens is 1. The van der Waals surface area contributed by atoms with Gasteiger partial charge in [-0.2, -0.15) is 0 Å². The molecule has 4 nitrogen and oxygen atoms in total. The topological polar surface area (TPSA) is 60.2 Å². The van der Waals surface area contributed by atoms with Crippen LogP contribution in [0.25, 0.3) is 10.9 Å². The maximum atomic E-state index is 5.77. The zero-order chi connectivity index (χ0) is 14.8. The minimum Gasteiger partial charge on any atom is -0.497 e. The molecular formula is C16H14BrN3O. The minimum atomic E-state index is 0.738. The fourth-order valence-electron chi connectivity index (χ4n) is 2.11. The lowest BCUT2D eigenvalue weighted by Crippen LogP contribution is -1.95. The van der Waals surface area contributed by atoms with Crippen LogP contribution in [-0.4, -0.2) is 12.1 Å². The van der Waals surface area contributed by atoms with Crippen molar-refractivity contribution in [2.24, 2.45) is 0 Å². The molecule has 0 aliphatic heterocycles.